The maximum absolute atomic E-state index is 11.9. The Morgan fingerprint density at radius 3 is 2.56 bits per heavy atom. The summed E-state index contributed by atoms with van der Waals surface area (Å²) in [6.07, 6.45) is -0.287. The van der Waals surface area contributed by atoms with Gasteiger partial charge in [0.2, 0.25) is 5.91 Å². The van der Waals surface area contributed by atoms with E-state index < -0.39 is 10.8 Å². The first-order chi connectivity index (χ1) is 12.8. The molecule has 2 aromatic rings. The summed E-state index contributed by atoms with van der Waals surface area (Å²) < 4.78 is 5.22. The van der Waals surface area contributed by atoms with E-state index in [1.807, 2.05) is 0 Å². The second kappa shape index (κ2) is 8.86. The molecule has 1 amide bonds. The molecule has 0 aromatic heterocycles. The average Bonchev–Trinajstić information content (AvgIpc) is 2.60. The number of azo groups is 1. The zero-order chi connectivity index (χ0) is 20.0. The zero-order valence-electron chi connectivity index (χ0n) is 14.4. The molecule has 0 bridgehead atoms. The van der Waals surface area contributed by atoms with Gasteiger partial charge in [0.15, 0.2) is 5.69 Å². The predicted octanol–water partition coefficient (Wildman–Crippen LogP) is 4.59. The second-order valence-corrected chi connectivity index (χ2v) is 5.73. The molecule has 140 valence electrons. The molecule has 0 saturated carbocycles. The van der Waals surface area contributed by atoms with Crippen molar-refractivity contribution in [3.8, 4) is 5.75 Å². The lowest BCUT2D eigenvalue weighted by atomic mass is 10.2. The van der Waals surface area contributed by atoms with Crippen molar-refractivity contribution in [1.29, 1.82) is 0 Å². The fourth-order valence-corrected chi connectivity index (χ4v) is 2.37. The minimum Gasteiger partial charge on any atom is -0.494 e. The van der Waals surface area contributed by atoms with Crippen LogP contribution in [-0.4, -0.2) is 23.7 Å². The van der Waals surface area contributed by atoms with Crippen LogP contribution in [0.2, 0.25) is 5.02 Å². The smallest absolute Gasteiger partial charge is 0.290 e. The lowest BCUT2D eigenvalue weighted by Gasteiger charge is -2.10. The van der Waals surface area contributed by atoms with Crippen LogP contribution in [0.5, 0.6) is 5.75 Å². The quantitative estimate of drug-likeness (QED) is 0.320. The Hall–Kier alpha value is -3.33. The summed E-state index contributed by atoms with van der Waals surface area (Å²) in [5.74, 6) is -0.497. The average molecular weight is 391 g/mol. The van der Waals surface area contributed by atoms with E-state index in [-0.39, 0.29) is 40.0 Å². The predicted molar refractivity (Wildman–Crippen MR) is 99.2 cm³/mol. The van der Waals surface area contributed by atoms with Crippen LogP contribution in [0.4, 0.5) is 22.7 Å². The molecule has 1 N–H and O–H groups in total. The van der Waals surface area contributed by atoms with E-state index in [1.54, 1.807) is 18.2 Å². The van der Waals surface area contributed by atoms with Crippen molar-refractivity contribution in [3.63, 3.8) is 0 Å². The molecule has 2 rings (SSSR count). The van der Waals surface area contributed by atoms with Gasteiger partial charge in [-0.2, -0.15) is 0 Å². The number of hydrogen-bond acceptors (Lipinski definition) is 7. The minimum atomic E-state index is -0.627. The Morgan fingerprint density at radius 1 is 1.22 bits per heavy atom. The fraction of sp³-hybridized carbons (Fsp3) is 0.176. The number of carbonyl (C=O) groups is 2. The highest BCUT2D eigenvalue weighted by Crippen LogP contribution is 2.39. The number of rotatable bonds is 7. The lowest BCUT2D eigenvalue weighted by molar-refractivity contribution is -0.384. The topological polar surface area (TPSA) is 123 Å². The van der Waals surface area contributed by atoms with Crippen molar-refractivity contribution in [2.45, 2.75) is 13.3 Å². The number of ether oxygens (including phenoxy) is 1. The van der Waals surface area contributed by atoms with Gasteiger partial charge in [-0.1, -0.05) is 23.7 Å². The molecular weight excluding hydrogens is 376 g/mol. The summed E-state index contributed by atoms with van der Waals surface area (Å²) >= 11 is 5.99. The summed E-state index contributed by atoms with van der Waals surface area (Å²) in [5, 5.41) is 21.3. The van der Waals surface area contributed by atoms with Gasteiger partial charge < -0.3 is 10.1 Å². The van der Waals surface area contributed by atoms with Gasteiger partial charge in [-0.05, 0) is 25.1 Å². The second-order valence-electron chi connectivity index (χ2n) is 5.35. The number of amides is 1. The third-order valence-electron chi connectivity index (χ3n) is 3.31. The summed E-state index contributed by atoms with van der Waals surface area (Å²) in [4.78, 5) is 33.3. The number of Topliss-reactive ketones (excluding diaryl/α,β-unsaturated/α-hetero) is 1. The summed E-state index contributed by atoms with van der Waals surface area (Å²) in [6, 6.07) is 8.92. The molecule has 0 aliphatic carbocycles. The summed E-state index contributed by atoms with van der Waals surface area (Å²) in [5.41, 5.74) is 0.228. The first-order valence-electron chi connectivity index (χ1n) is 7.64. The van der Waals surface area contributed by atoms with Crippen molar-refractivity contribution in [3.05, 3.63) is 51.5 Å². The van der Waals surface area contributed by atoms with Crippen LogP contribution in [0.1, 0.15) is 13.3 Å². The Balaban J connectivity index is 2.41. The number of halogens is 1. The SMILES string of the molecule is COc1cccc(NC(=O)CC(C)=O)c1N=Nc1cccc([N+](=O)[O-])c1Cl. The van der Waals surface area contributed by atoms with E-state index in [0.29, 0.717) is 5.75 Å². The van der Waals surface area contributed by atoms with Gasteiger partial charge in [0.05, 0.1) is 24.1 Å². The van der Waals surface area contributed by atoms with Crippen LogP contribution in [0.3, 0.4) is 0 Å². The third-order valence-corrected chi connectivity index (χ3v) is 3.70. The molecule has 0 heterocycles. The van der Waals surface area contributed by atoms with E-state index in [0.717, 1.165) is 0 Å². The monoisotopic (exact) mass is 390 g/mol. The highest BCUT2D eigenvalue weighted by molar-refractivity contribution is 6.35. The third kappa shape index (κ3) is 5.08. The van der Waals surface area contributed by atoms with Gasteiger partial charge in [-0.3, -0.25) is 19.7 Å². The normalized spacial score (nSPS) is 10.6. The van der Waals surface area contributed by atoms with Crippen LogP contribution < -0.4 is 10.1 Å². The van der Waals surface area contributed by atoms with Crippen LogP contribution in [0.25, 0.3) is 0 Å². The zero-order valence-corrected chi connectivity index (χ0v) is 15.2. The molecule has 10 heteroatoms. The molecule has 0 spiro atoms. The van der Waals surface area contributed by atoms with Crippen molar-refractivity contribution in [1.82, 2.24) is 0 Å². The fourth-order valence-electron chi connectivity index (χ4n) is 2.14. The molecule has 0 fully saturated rings. The maximum atomic E-state index is 11.9. The molecule has 9 nitrogen and oxygen atoms in total. The molecule has 27 heavy (non-hydrogen) atoms. The summed E-state index contributed by atoms with van der Waals surface area (Å²) in [6.45, 7) is 1.30. The lowest BCUT2D eigenvalue weighted by Crippen LogP contribution is -2.14. The van der Waals surface area contributed by atoms with Crippen LogP contribution in [0, 0.1) is 10.1 Å². The first kappa shape index (κ1) is 20.0. The highest BCUT2D eigenvalue weighted by Gasteiger charge is 2.16. The molecule has 2 aromatic carbocycles. The summed E-state index contributed by atoms with van der Waals surface area (Å²) in [7, 11) is 1.41. The van der Waals surface area contributed by atoms with Crippen molar-refractivity contribution in [2.75, 3.05) is 12.4 Å². The number of ketones is 1. The largest absolute Gasteiger partial charge is 0.494 e. The van der Waals surface area contributed by atoms with Crippen LogP contribution >= 0.6 is 11.6 Å². The number of nitro benzene ring substituents is 1. The van der Waals surface area contributed by atoms with Gasteiger partial charge in [0, 0.05) is 6.07 Å². The van der Waals surface area contributed by atoms with E-state index in [9.17, 15) is 19.7 Å². The van der Waals surface area contributed by atoms with Gasteiger partial charge in [-0.25, -0.2) is 0 Å². The molecule has 0 saturated heterocycles. The Bertz CT molecular complexity index is 930. The van der Waals surface area contributed by atoms with Crippen molar-refractivity contribution < 1.29 is 19.2 Å². The van der Waals surface area contributed by atoms with Crippen LogP contribution in [0.15, 0.2) is 46.6 Å². The molecule has 0 unspecified atom stereocenters. The van der Waals surface area contributed by atoms with E-state index in [1.165, 1.54) is 32.2 Å². The highest BCUT2D eigenvalue weighted by atomic mass is 35.5. The van der Waals surface area contributed by atoms with Gasteiger partial charge >= 0.3 is 0 Å². The molecule has 0 aliphatic heterocycles. The van der Waals surface area contributed by atoms with E-state index in [2.05, 4.69) is 15.5 Å². The Kier molecular flexibility index (Phi) is 6.56. The standard InChI is InChI=1S/C17H15ClN4O5/c1-10(23)9-15(24)19-12-6-4-8-14(27-2)17(12)21-20-11-5-3-7-13(16(11)18)22(25)26/h3-8H,9H2,1-2H3,(H,19,24). The number of hydrogen-bond donors (Lipinski definition) is 1. The number of nitro groups is 1. The van der Waals surface area contributed by atoms with Gasteiger partial charge in [0.25, 0.3) is 5.69 Å². The molecule has 0 radical (unpaired) electrons. The van der Waals surface area contributed by atoms with Gasteiger partial charge in [0.1, 0.15) is 22.2 Å². The number of benzene rings is 2. The van der Waals surface area contributed by atoms with E-state index in [4.69, 9.17) is 16.3 Å². The van der Waals surface area contributed by atoms with Crippen molar-refractivity contribution in [2.24, 2.45) is 10.2 Å². The van der Waals surface area contributed by atoms with E-state index >= 15 is 0 Å². The van der Waals surface area contributed by atoms with Gasteiger partial charge in [-0.15, -0.1) is 10.2 Å². The minimum absolute atomic E-state index is 0.0813. The molecule has 0 atom stereocenters. The Labute approximate surface area is 159 Å². The first-order valence-corrected chi connectivity index (χ1v) is 8.02. The number of carbonyl (C=O) groups excluding carboxylic acids is 2. The number of methoxy groups -OCH3 is 1. The Morgan fingerprint density at radius 2 is 1.93 bits per heavy atom. The van der Waals surface area contributed by atoms with Crippen LogP contribution in [-0.2, 0) is 9.59 Å². The maximum Gasteiger partial charge on any atom is 0.290 e. The van der Waals surface area contributed by atoms with Crippen molar-refractivity contribution >= 4 is 46.0 Å². The number of nitrogens with one attached hydrogen (secondary N) is 1. The molecule has 0 aliphatic rings. The number of anilines is 1. The molecular formula is C17H15ClN4O5. The number of nitrogens with zero attached hydrogens (tertiary/aromatic N) is 3.